The van der Waals surface area contributed by atoms with Gasteiger partial charge in [0.1, 0.15) is 0 Å². The average molecular weight is 398 g/mol. The molecule has 1 unspecified atom stereocenters. The van der Waals surface area contributed by atoms with E-state index in [9.17, 15) is 26.0 Å². The van der Waals surface area contributed by atoms with Crippen LogP contribution in [-0.4, -0.2) is 15.5 Å². The van der Waals surface area contributed by atoms with Gasteiger partial charge in [-0.3, -0.25) is 0 Å². The Morgan fingerprint density at radius 2 is 1.48 bits per heavy atom. The fourth-order valence-corrected chi connectivity index (χ4v) is 3.61. The van der Waals surface area contributed by atoms with E-state index in [1.54, 1.807) is 0 Å². The monoisotopic (exact) mass is 397 g/mol. The highest BCUT2D eigenvalue weighted by molar-refractivity contribution is 7.89. The molecule has 0 saturated heterocycles. The molecule has 2 aromatic rings. The minimum Gasteiger partial charge on any atom is -0.491 e. The first-order valence-corrected chi connectivity index (χ1v) is 8.64. The number of sulfonamides is 1. The van der Waals surface area contributed by atoms with Gasteiger partial charge in [0.25, 0.3) is 0 Å². The zero-order chi connectivity index (χ0) is 18.9. The molecule has 0 spiro atoms. The number of rotatable bonds is 5. The number of hydrogen-bond donors (Lipinski definition) is 1. The molecule has 0 saturated carbocycles. The standard InChI is InChI=1S/C15H12ClF4NO3S/c1-7(8-3-5-9(16)6-4-8)21-25(22,23)15-12(19)10(17)14(24-2)11(18)13(15)20/h3-7,21H,1-2H3. The third-order valence-corrected chi connectivity index (χ3v) is 5.17. The Morgan fingerprint density at radius 1 is 1.00 bits per heavy atom. The molecular weight excluding hydrogens is 386 g/mol. The third kappa shape index (κ3) is 3.73. The molecule has 0 aromatic heterocycles. The number of halogens is 5. The highest BCUT2D eigenvalue weighted by atomic mass is 35.5. The van der Waals surface area contributed by atoms with Crippen LogP contribution in [0.1, 0.15) is 18.5 Å². The zero-order valence-corrected chi connectivity index (χ0v) is 14.5. The number of hydrogen-bond acceptors (Lipinski definition) is 3. The van der Waals surface area contributed by atoms with E-state index >= 15 is 0 Å². The van der Waals surface area contributed by atoms with Crippen LogP contribution < -0.4 is 9.46 Å². The van der Waals surface area contributed by atoms with Crippen molar-refractivity contribution in [3.63, 3.8) is 0 Å². The SMILES string of the molecule is COc1c(F)c(F)c(S(=O)(=O)NC(C)c2ccc(Cl)cc2)c(F)c1F. The summed E-state index contributed by atoms with van der Waals surface area (Å²) in [6, 6.07) is 4.98. The summed E-state index contributed by atoms with van der Waals surface area (Å²) in [6.07, 6.45) is 0. The van der Waals surface area contributed by atoms with E-state index in [1.807, 2.05) is 4.72 Å². The van der Waals surface area contributed by atoms with Gasteiger partial charge in [-0.05, 0) is 24.6 Å². The molecule has 2 rings (SSSR count). The van der Waals surface area contributed by atoms with Gasteiger partial charge in [-0.1, -0.05) is 23.7 Å². The Morgan fingerprint density at radius 3 is 1.92 bits per heavy atom. The van der Waals surface area contributed by atoms with E-state index in [0.717, 1.165) is 7.11 Å². The maximum Gasteiger partial charge on any atom is 0.247 e. The van der Waals surface area contributed by atoms with Crippen LogP contribution in [-0.2, 0) is 10.0 Å². The molecule has 10 heteroatoms. The van der Waals surface area contributed by atoms with Gasteiger partial charge in [-0.2, -0.15) is 8.78 Å². The molecule has 2 aromatic carbocycles. The van der Waals surface area contributed by atoms with Crippen molar-refractivity contribution >= 4 is 21.6 Å². The fraction of sp³-hybridized carbons (Fsp3) is 0.200. The second-order valence-corrected chi connectivity index (χ2v) is 7.10. The first kappa shape index (κ1) is 19.5. The lowest BCUT2D eigenvalue weighted by Crippen LogP contribution is -2.29. The maximum absolute atomic E-state index is 14.0. The largest absolute Gasteiger partial charge is 0.491 e. The van der Waals surface area contributed by atoms with E-state index in [2.05, 4.69) is 4.74 Å². The quantitative estimate of drug-likeness (QED) is 0.614. The van der Waals surface area contributed by atoms with Crippen molar-refractivity contribution in [2.75, 3.05) is 7.11 Å². The number of methoxy groups -OCH3 is 1. The molecule has 0 aliphatic carbocycles. The van der Waals surface area contributed by atoms with Crippen molar-refractivity contribution in [2.24, 2.45) is 0 Å². The van der Waals surface area contributed by atoms with Crippen molar-refractivity contribution < 1.29 is 30.7 Å². The van der Waals surface area contributed by atoms with E-state index in [1.165, 1.54) is 31.2 Å². The van der Waals surface area contributed by atoms with Crippen LogP contribution in [0.4, 0.5) is 17.6 Å². The Balaban J connectivity index is 2.48. The maximum atomic E-state index is 14.0. The first-order chi connectivity index (χ1) is 11.6. The highest BCUT2D eigenvalue weighted by Gasteiger charge is 2.34. The molecule has 0 radical (unpaired) electrons. The number of ether oxygens (including phenoxy) is 1. The lowest BCUT2D eigenvalue weighted by Gasteiger charge is -2.16. The first-order valence-electron chi connectivity index (χ1n) is 6.77. The summed E-state index contributed by atoms with van der Waals surface area (Å²) in [6.45, 7) is 1.38. The Bertz CT molecular complexity index is 875. The summed E-state index contributed by atoms with van der Waals surface area (Å²) >= 11 is 5.72. The molecule has 0 heterocycles. The Kier molecular flexibility index (Phi) is 5.60. The summed E-state index contributed by atoms with van der Waals surface area (Å²) in [5.41, 5.74) is 0.420. The Labute approximate surface area is 146 Å². The molecule has 0 aliphatic rings. The van der Waals surface area contributed by atoms with Gasteiger partial charge < -0.3 is 4.74 Å². The van der Waals surface area contributed by atoms with Gasteiger partial charge in [0, 0.05) is 11.1 Å². The number of nitrogens with one attached hydrogen (secondary N) is 1. The molecule has 0 fully saturated rings. The van der Waals surface area contributed by atoms with Crippen LogP contribution >= 0.6 is 11.6 Å². The van der Waals surface area contributed by atoms with Crippen molar-refractivity contribution in [3.8, 4) is 5.75 Å². The minimum absolute atomic E-state index is 0.398. The van der Waals surface area contributed by atoms with Gasteiger partial charge in [0.2, 0.25) is 21.7 Å². The van der Waals surface area contributed by atoms with Crippen LogP contribution in [0.5, 0.6) is 5.75 Å². The van der Waals surface area contributed by atoms with Gasteiger partial charge >= 0.3 is 0 Å². The van der Waals surface area contributed by atoms with E-state index in [-0.39, 0.29) is 0 Å². The molecule has 0 amide bonds. The van der Waals surface area contributed by atoms with Crippen LogP contribution in [0.3, 0.4) is 0 Å². The fourth-order valence-electron chi connectivity index (χ4n) is 2.12. The summed E-state index contributed by atoms with van der Waals surface area (Å²) < 4.78 is 86.1. The average Bonchev–Trinajstić information content (AvgIpc) is 2.53. The van der Waals surface area contributed by atoms with Crippen molar-refractivity contribution in [3.05, 3.63) is 58.1 Å². The van der Waals surface area contributed by atoms with Crippen molar-refractivity contribution in [1.82, 2.24) is 4.72 Å². The van der Waals surface area contributed by atoms with Crippen LogP contribution in [0, 0.1) is 23.3 Å². The summed E-state index contributed by atoms with van der Waals surface area (Å²) in [5, 5.41) is 0.398. The zero-order valence-electron chi connectivity index (χ0n) is 12.9. The molecule has 25 heavy (non-hydrogen) atoms. The summed E-state index contributed by atoms with van der Waals surface area (Å²) in [5.74, 6) is -9.39. The lowest BCUT2D eigenvalue weighted by molar-refractivity contribution is 0.322. The van der Waals surface area contributed by atoms with E-state index in [4.69, 9.17) is 11.6 Å². The van der Waals surface area contributed by atoms with Crippen LogP contribution in [0.15, 0.2) is 29.2 Å². The molecule has 136 valence electrons. The molecule has 1 atom stereocenters. The van der Waals surface area contributed by atoms with Crippen molar-refractivity contribution in [1.29, 1.82) is 0 Å². The van der Waals surface area contributed by atoms with Crippen molar-refractivity contribution in [2.45, 2.75) is 17.9 Å². The summed E-state index contributed by atoms with van der Waals surface area (Å²) in [4.78, 5) is -1.76. The smallest absolute Gasteiger partial charge is 0.247 e. The topological polar surface area (TPSA) is 55.4 Å². The molecule has 1 N–H and O–H groups in total. The molecular formula is C15H12ClF4NO3S. The molecule has 4 nitrogen and oxygen atoms in total. The normalized spacial score (nSPS) is 12.9. The van der Waals surface area contributed by atoms with Crippen LogP contribution in [0.2, 0.25) is 5.02 Å². The van der Waals surface area contributed by atoms with Gasteiger partial charge in [0.05, 0.1) is 7.11 Å². The van der Waals surface area contributed by atoms with Crippen LogP contribution in [0.25, 0.3) is 0 Å². The van der Waals surface area contributed by atoms with E-state index < -0.39 is 50.0 Å². The van der Waals surface area contributed by atoms with Gasteiger partial charge in [-0.25, -0.2) is 21.9 Å². The highest BCUT2D eigenvalue weighted by Crippen LogP contribution is 2.32. The minimum atomic E-state index is -4.92. The summed E-state index contributed by atoms with van der Waals surface area (Å²) in [7, 11) is -4.13. The molecule has 0 bridgehead atoms. The predicted octanol–water partition coefficient (Wildman–Crippen LogP) is 3.94. The lowest BCUT2D eigenvalue weighted by atomic mass is 10.1. The Hall–Kier alpha value is -1.84. The molecule has 0 aliphatic heterocycles. The van der Waals surface area contributed by atoms with Gasteiger partial charge in [0.15, 0.2) is 22.3 Å². The van der Waals surface area contributed by atoms with Gasteiger partial charge in [-0.15, -0.1) is 0 Å². The third-order valence-electron chi connectivity index (χ3n) is 3.36. The van der Waals surface area contributed by atoms with E-state index in [0.29, 0.717) is 10.6 Å². The predicted molar refractivity (Wildman–Crippen MR) is 83.0 cm³/mol. The number of benzene rings is 2. The second-order valence-electron chi connectivity index (χ2n) is 5.01. The second kappa shape index (κ2) is 7.19.